The summed E-state index contributed by atoms with van der Waals surface area (Å²) in [6, 6.07) is 0. The maximum atomic E-state index is 11.4. The number of carboxylic acid groups (broad SMARTS) is 1. The molecule has 1 aliphatic heterocycles. The summed E-state index contributed by atoms with van der Waals surface area (Å²) >= 11 is 0. The fourth-order valence-electron chi connectivity index (χ4n) is 2.34. The maximum Gasteiger partial charge on any atom is 0.323 e. The van der Waals surface area contributed by atoms with Crippen molar-refractivity contribution in [1.29, 1.82) is 0 Å². The van der Waals surface area contributed by atoms with Crippen LogP contribution in [0.3, 0.4) is 0 Å². The molecule has 0 aliphatic carbocycles. The van der Waals surface area contributed by atoms with E-state index in [-0.39, 0.29) is 0 Å². The van der Waals surface area contributed by atoms with Crippen molar-refractivity contribution in [1.82, 2.24) is 15.0 Å². The largest absolute Gasteiger partial charge is 0.480 e. The van der Waals surface area contributed by atoms with Crippen LogP contribution in [0.15, 0.2) is 4.52 Å². The quantitative estimate of drug-likeness (QED) is 0.875. The van der Waals surface area contributed by atoms with E-state index in [2.05, 4.69) is 10.1 Å². The Kier molecular flexibility index (Phi) is 3.65. The summed E-state index contributed by atoms with van der Waals surface area (Å²) < 4.78 is 5.05. The average molecular weight is 253 g/mol. The summed E-state index contributed by atoms with van der Waals surface area (Å²) in [6.07, 6.45) is 3.33. The standard InChI is InChI=1S/C12H19N3O3/c1-3-10-13-9(14-18-10)8-15-7-5-4-6-12(15,2)11(16)17/h3-8H2,1-2H3,(H,16,17). The highest BCUT2D eigenvalue weighted by Crippen LogP contribution is 2.29. The first-order valence-corrected chi connectivity index (χ1v) is 6.36. The molecule has 2 rings (SSSR count). The van der Waals surface area contributed by atoms with Gasteiger partial charge in [0.25, 0.3) is 0 Å². The van der Waals surface area contributed by atoms with Crippen molar-refractivity contribution in [3.63, 3.8) is 0 Å². The van der Waals surface area contributed by atoms with Crippen molar-refractivity contribution in [3.8, 4) is 0 Å². The zero-order valence-electron chi connectivity index (χ0n) is 10.8. The molecule has 1 saturated heterocycles. The minimum atomic E-state index is -0.814. The normalized spacial score (nSPS) is 25.2. The fraction of sp³-hybridized carbons (Fsp3) is 0.750. The molecule has 0 spiro atoms. The number of hydrogen-bond donors (Lipinski definition) is 1. The Hall–Kier alpha value is -1.43. The molecule has 6 heteroatoms. The summed E-state index contributed by atoms with van der Waals surface area (Å²) in [6.45, 7) is 4.92. The molecule has 2 heterocycles. The molecule has 0 saturated carbocycles. The Morgan fingerprint density at radius 1 is 1.56 bits per heavy atom. The third-order valence-corrected chi connectivity index (χ3v) is 3.65. The number of nitrogens with zero attached hydrogens (tertiary/aromatic N) is 3. The molecular weight excluding hydrogens is 234 g/mol. The Morgan fingerprint density at radius 3 is 2.94 bits per heavy atom. The molecule has 1 aromatic heterocycles. The van der Waals surface area contributed by atoms with Gasteiger partial charge in [0.1, 0.15) is 5.54 Å². The lowest BCUT2D eigenvalue weighted by Crippen LogP contribution is -2.54. The molecule has 1 N–H and O–H groups in total. The molecule has 1 aliphatic rings. The van der Waals surface area contributed by atoms with Crippen LogP contribution < -0.4 is 0 Å². The smallest absolute Gasteiger partial charge is 0.323 e. The van der Waals surface area contributed by atoms with Crippen LogP contribution in [0.25, 0.3) is 0 Å². The summed E-state index contributed by atoms with van der Waals surface area (Å²) in [5, 5.41) is 13.3. The van der Waals surface area contributed by atoms with Gasteiger partial charge in [-0.05, 0) is 32.7 Å². The van der Waals surface area contributed by atoms with E-state index in [1.807, 2.05) is 11.8 Å². The zero-order valence-corrected chi connectivity index (χ0v) is 10.8. The van der Waals surface area contributed by atoms with E-state index in [0.29, 0.717) is 31.1 Å². The SMILES string of the molecule is CCc1nc(CN2CCCCC2(C)C(=O)O)no1. The van der Waals surface area contributed by atoms with Gasteiger partial charge in [-0.25, -0.2) is 0 Å². The van der Waals surface area contributed by atoms with Crippen molar-refractivity contribution in [2.24, 2.45) is 0 Å². The summed E-state index contributed by atoms with van der Waals surface area (Å²) in [4.78, 5) is 17.6. The van der Waals surface area contributed by atoms with Gasteiger partial charge >= 0.3 is 5.97 Å². The Labute approximate surface area is 106 Å². The topological polar surface area (TPSA) is 79.5 Å². The van der Waals surface area contributed by atoms with Gasteiger partial charge in [-0.2, -0.15) is 4.98 Å². The second-order valence-electron chi connectivity index (χ2n) is 4.92. The van der Waals surface area contributed by atoms with Crippen molar-refractivity contribution >= 4 is 5.97 Å². The number of aromatic nitrogens is 2. The van der Waals surface area contributed by atoms with E-state index in [0.717, 1.165) is 19.4 Å². The van der Waals surface area contributed by atoms with Gasteiger partial charge in [-0.3, -0.25) is 9.69 Å². The lowest BCUT2D eigenvalue weighted by Gasteiger charge is -2.40. The van der Waals surface area contributed by atoms with E-state index in [9.17, 15) is 9.90 Å². The van der Waals surface area contributed by atoms with E-state index in [4.69, 9.17) is 4.52 Å². The molecule has 18 heavy (non-hydrogen) atoms. The molecular formula is C12H19N3O3. The molecule has 0 radical (unpaired) electrons. The molecule has 1 fully saturated rings. The number of likely N-dealkylation sites (tertiary alicyclic amines) is 1. The summed E-state index contributed by atoms with van der Waals surface area (Å²) in [7, 11) is 0. The first-order chi connectivity index (χ1) is 8.56. The van der Waals surface area contributed by atoms with Crippen molar-refractivity contribution in [2.45, 2.75) is 51.6 Å². The molecule has 1 unspecified atom stereocenters. The maximum absolute atomic E-state index is 11.4. The van der Waals surface area contributed by atoms with E-state index >= 15 is 0 Å². The van der Waals surface area contributed by atoms with E-state index < -0.39 is 11.5 Å². The Morgan fingerprint density at radius 2 is 2.33 bits per heavy atom. The van der Waals surface area contributed by atoms with E-state index in [1.165, 1.54) is 0 Å². The number of carbonyl (C=O) groups is 1. The summed E-state index contributed by atoms with van der Waals surface area (Å²) in [5.74, 6) is 0.390. The van der Waals surface area contributed by atoms with Crippen LogP contribution in [0.2, 0.25) is 0 Å². The second kappa shape index (κ2) is 5.06. The monoisotopic (exact) mass is 253 g/mol. The lowest BCUT2D eigenvalue weighted by atomic mass is 9.88. The molecule has 0 aromatic carbocycles. The summed E-state index contributed by atoms with van der Waals surface area (Å²) in [5.41, 5.74) is -0.814. The van der Waals surface area contributed by atoms with Gasteiger partial charge in [0.15, 0.2) is 5.82 Å². The van der Waals surface area contributed by atoms with E-state index in [1.54, 1.807) is 6.92 Å². The number of aliphatic carboxylic acids is 1. The van der Waals surface area contributed by atoms with Crippen LogP contribution >= 0.6 is 0 Å². The molecule has 0 amide bonds. The van der Waals surface area contributed by atoms with Crippen molar-refractivity contribution < 1.29 is 14.4 Å². The molecule has 0 bridgehead atoms. The number of rotatable bonds is 4. The van der Waals surface area contributed by atoms with Crippen LogP contribution in [-0.2, 0) is 17.8 Å². The van der Waals surface area contributed by atoms with Crippen LogP contribution in [0.1, 0.15) is 44.8 Å². The van der Waals surface area contributed by atoms with Gasteiger partial charge in [0.2, 0.25) is 5.89 Å². The molecule has 6 nitrogen and oxygen atoms in total. The van der Waals surface area contributed by atoms with Crippen LogP contribution in [0.4, 0.5) is 0 Å². The third kappa shape index (κ3) is 2.38. The molecule has 1 atom stereocenters. The number of aryl methyl sites for hydroxylation is 1. The van der Waals surface area contributed by atoms with Crippen LogP contribution in [-0.4, -0.2) is 38.2 Å². The third-order valence-electron chi connectivity index (χ3n) is 3.65. The predicted octanol–water partition coefficient (Wildman–Crippen LogP) is 1.46. The predicted molar refractivity (Wildman–Crippen MR) is 64.0 cm³/mol. The van der Waals surface area contributed by atoms with Gasteiger partial charge in [-0.1, -0.05) is 12.1 Å². The molecule has 1 aromatic rings. The second-order valence-corrected chi connectivity index (χ2v) is 4.92. The van der Waals surface area contributed by atoms with Gasteiger partial charge in [0.05, 0.1) is 6.54 Å². The average Bonchev–Trinajstić information content (AvgIpc) is 2.80. The van der Waals surface area contributed by atoms with Crippen molar-refractivity contribution in [2.75, 3.05) is 6.54 Å². The fourth-order valence-corrected chi connectivity index (χ4v) is 2.34. The van der Waals surface area contributed by atoms with Crippen LogP contribution in [0.5, 0.6) is 0 Å². The minimum Gasteiger partial charge on any atom is -0.480 e. The number of hydrogen-bond acceptors (Lipinski definition) is 5. The highest BCUT2D eigenvalue weighted by Gasteiger charge is 2.41. The van der Waals surface area contributed by atoms with Gasteiger partial charge in [-0.15, -0.1) is 0 Å². The van der Waals surface area contributed by atoms with Gasteiger partial charge in [0, 0.05) is 6.42 Å². The number of piperidine rings is 1. The highest BCUT2D eigenvalue weighted by molar-refractivity contribution is 5.78. The minimum absolute atomic E-state index is 0.437. The highest BCUT2D eigenvalue weighted by atomic mass is 16.5. The Balaban J connectivity index is 2.12. The van der Waals surface area contributed by atoms with Gasteiger partial charge < -0.3 is 9.63 Å². The molecule has 100 valence electrons. The van der Waals surface area contributed by atoms with Crippen molar-refractivity contribution in [3.05, 3.63) is 11.7 Å². The van der Waals surface area contributed by atoms with Crippen LogP contribution in [0, 0.1) is 0 Å². The zero-order chi connectivity index (χ0) is 13.2. The Bertz CT molecular complexity index is 432. The first-order valence-electron chi connectivity index (χ1n) is 6.36. The first kappa shape index (κ1) is 13.0. The number of carboxylic acids is 1. The lowest BCUT2D eigenvalue weighted by molar-refractivity contribution is -0.153.